The molecular weight excluding hydrogens is 456 g/mol. The minimum absolute atomic E-state index is 0.120. The SMILES string of the molecule is COc1ccc(-c2cc(=O)c3c(O)c(O)c(OC4OC(C(=O)O)C(O)C(O)C4O)cc3o2)cc1. The van der Waals surface area contributed by atoms with Crippen molar-refractivity contribution in [1.29, 1.82) is 0 Å². The van der Waals surface area contributed by atoms with Crippen LogP contribution in [-0.4, -0.2) is 74.4 Å². The molecule has 0 saturated carbocycles. The van der Waals surface area contributed by atoms with E-state index in [4.69, 9.17) is 23.7 Å². The number of hydrogen-bond donors (Lipinski definition) is 6. The van der Waals surface area contributed by atoms with Crippen molar-refractivity contribution in [3.05, 3.63) is 46.6 Å². The van der Waals surface area contributed by atoms with Crippen LogP contribution in [0.15, 0.2) is 45.6 Å². The molecule has 0 aliphatic carbocycles. The number of fused-ring (bicyclic) bond motifs is 1. The van der Waals surface area contributed by atoms with Gasteiger partial charge in [0.05, 0.1) is 7.11 Å². The topological polar surface area (TPSA) is 196 Å². The summed E-state index contributed by atoms with van der Waals surface area (Å²) in [6.45, 7) is 0. The third-order valence-electron chi connectivity index (χ3n) is 5.36. The molecule has 2 aromatic carbocycles. The summed E-state index contributed by atoms with van der Waals surface area (Å²) in [5.41, 5.74) is -0.378. The molecule has 2 heterocycles. The third-order valence-corrected chi connectivity index (χ3v) is 5.36. The number of aliphatic carboxylic acids is 1. The lowest BCUT2D eigenvalue weighted by molar-refractivity contribution is -0.271. The minimum Gasteiger partial charge on any atom is -0.504 e. The zero-order chi connectivity index (χ0) is 24.7. The summed E-state index contributed by atoms with van der Waals surface area (Å²) in [6.07, 6.45) is -9.62. The molecule has 0 amide bonds. The zero-order valence-electron chi connectivity index (χ0n) is 17.5. The van der Waals surface area contributed by atoms with Gasteiger partial charge in [-0.1, -0.05) is 0 Å². The van der Waals surface area contributed by atoms with Crippen molar-refractivity contribution in [2.75, 3.05) is 7.11 Å². The van der Waals surface area contributed by atoms with Crippen LogP contribution >= 0.6 is 0 Å². The number of phenols is 2. The van der Waals surface area contributed by atoms with Gasteiger partial charge in [-0.25, -0.2) is 4.79 Å². The number of phenolic OH excluding ortho intramolecular Hbond substituents is 2. The molecule has 1 aliphatic heterocycles. The van der Waals surface area contributed by atoms with E-state index in [0.29, 0.717) is 11.3 Å². The molecule has 0 spiro atoms. The van der Waals surface area contributed by atoms with E-state index in [9.17, 15) is 35.1 Å². The van der Waals surface area contributed by atoms with Gasteiger partial charge in [0.15, 0.2) is 23.0 Å². The molecule has 4 rings (SSSR count). The molecule has 5 atom stereocenters. The Kier molecular flexibility index (Phi) is 6.06. The first-order valence-electron chi connectivity index (χ1n) is 9.88. The highest BCUT2D eigenvalue weighted by molar-refractivity contribution is 5.89. The Bertz CT molecular complexity index is 1280. The first kappa shape index (κ1) is 23.3. The number of rotatable bonds is 5. The Morgan fingerprint density at radius 2 is 1.65 bits per heavy atom. The summed E-state index contributed by atoms with van der Waals surface area (Å²) in [4.78, 5) is 23.9. The van der Waals surface area contributed by atoms with Crippen LogP contribution in [0.5, 0.6) is 23.0 Å². The average Bonchev–Trinajstić information content (AvgIpc) is 2.81. The predicted molar refractivity (Wildman–Crippen MR) is 113 cm³/mol. The fraction of sp³-hybridized carbons (Fsp3) is 0.273. The molecule has 1 aromatic heterocycles. The second kappa shape index (κ2) is 8.83. The number of aliphatic hydroxyl groups is 3. The number of benzene rings is 2. The lowest BCUT2D eigenvalue weighted by Gasteiger charge is -2.38. The van der Waals surface area contributed by atoms with E-state index in [1.165, 1.54) is 7.11 Å². The van der Waals surface area contributed by atoms with Gasteiger partial charge < -0.3 is 49.3 Å². The predicted octanol–water partition coefficient (Wildman–Crippen LogP) is 0.151. The molecule has 12 heteroatoms. The van der Waals surface area contributed by atoms with Gasteiger partial charge in [-0.2, -0.15) is 0 Å². The van der Waals surface area contributed by atoms with E-state index in [0.717, 1.165) is 12.1 Å². The van der Waals surface area contributed by atoms with Crippen LogP contribution in [0.3, 0.4) is 0 Å². The van der Waals surface area contributed by atoms with Gasteiger partial charge in [0.25, 0.3) is 0 Å². The summed E-state index contributed by atoms with van der Waals surface area (Å²) < 4.78 is 21.1. The van der Waals surface area contributed by atoms with Crippen molar-refractivity contribution in [3.8, 4) is 34.3 Å². The van der Waals surface area contributed by atoms with Gasteiger partial charge in [0, 0.05) is 17.7 Å². The second-order valence-electron chi connectivity index (χ2n) is 7.50. The summed E-state index contributed by atoms with van der Waals surface area (Å²) >= 11 is 0. The lowest BCUT2D eigenvalue weighted by Crippen LogP contribution is -2.61. The number of aromatic hydroxyl groups is 2. The molecule has 1 fully saturated rings. The molecule has 12 nitrogen and oxygen atoms in total. The zero-order valence-corrected chi connectivity index (χ0v) is 17.5. The molecule has 1 aliphatic rings. The number of hydrogen-bond acceptors (Lipinski definition) is 11. The van der Waals surface area contributed by atoms with Crippen molar-refractivity contribution in [2.45, 2.75) is 30.7 Å². The highest BCUT2D eigenvalue weighted by Crippen LogP contribution is 2.42. The van der Waals surface area contributed by atoms with Crippen LogP contribution in [0, 0.1) is 0 Å². The normalized spacial score (nSPS) is 24.6. The van der Waals surface area contributed by atoms with Crippen LogP contribution in [-0.2, 0) is 9.53 Å². The Hall–Kier alpha value is -3.84. The van der Waals surface area contributed by atoms with Gasteiger partial charge in [-0.3, -0.25) is 4.79 Å². The van der Waals surface area contributed by atoms with E-state index < -0.39 is 59.4 Å². The first-order valence-corrected chi connectivity index (χ1v) is 9.88. The monoisotopic (exact) mass is 476 g/mol. The smallest absolute Gasteiger partial charge is 0.335 e. The van der Waals surface area contributed by atoms with E-state index in [1.807, 2.05) is 0 Å². The molecule has 0 bridgehead atoms. The summed E-state index contributed by atoms with van der Waals surface area (Å²) in [7, 11) is 1.49. The van der Waals surface area contributed by atoms with Gasteiger partial charge in [-0.05, 0) is 24.3 Å². The highest BCUT2D eigenvalue weighted by atomic mass is 16.7. The average molecular weight is 476 g/mol. The van der Waals surface area contributed by atoms with Crippen LogP contribution in [0.4, 0.5) is 0 Å². The molecular formula is C22H20O12. The Morgan fingerprint density at radius 1 is 0.971 bits per heavy atom. The Morgan fingerprint density at radius 3 is 2.26 bits per heavy atom. The number of carbonyl (C=O) groups is 1. The molecule has 34 heavy (non-hydrogen) atoms. The van der Waals surface area contributed by atoms with Gasteiger partial charge >= 0.3 is 5.97 Å². The Labute approximate surface area is 190 Å². The van der Waals surface area contributed by atoms with Gasteiger partial charge in [0.1, 0.15) is 40.8 Å². The Balaban J connectivity index is 1.75. The molecule has 6 N–H and O–H groups in total. The first-order chi connectivity index (χ1) is 16.1. The van der Waals surface area contributed by atoms with E-state index >= 15 is 0 Å². The number of aliphatic hydroxyl groups excluding tert-OH is 3. The van der Waals surface area contributed by atoms with E-state index in [-0.39, 0.29) is 16.7 Å². The maximum atomic E-state index is 12.6. The number of methoxy groups -OCH3 is 1. The lowest BCUT2D eigenvalue weighted by atomic mass is 9.99. The molecule has 5 unspecified atom stereocenters. The van der Waals surface area contributed by atoms with Crippen LogP contribution < -0.4 is 14.9 Å². The maximum Gasteiger partial charge on any atom is 0.335 e. The summed E-state index contributed by atoms with van der Waals surface area (Å²) in [5.74, 6) is -3.29. The van der Waals surface area contributed by atoms with Crippen molar-refractivity contribution < 1.29 is 54.1 Å². The second-order valence-corrected chi connectivity index (χ2v) is 7.50. The quantitative estimate of drug-likeness (QED) is 0.273. The van der Waals surface area contributed by atoms with E-state index in [1.54, 1.807) is 24.3 Å². The summed E-state index contributed by atoms with van der Waals surface area (Å²) in [6, 6.07) is 8.69. The van der Waals surface area contributed by atoms with E-state index in [2.05, 4.69) is 0 Å². The van der Waals surface area contributed by atoms with Crippen LogP contribution in [0.1, 0.15) is 0 Å². The largest absolute Gasteiger partial charge is 0.504 e. The van der Waals surface area contributed by atoms with Gasteiger partial charge in [0.2, 0.25) is 12.0 Å². The maximum absolute atomic E-state index is 12.6. The van der Waals surface area contributed by atoms with Crippen molar-refractivity contribution in [1.82, 2.24) is 0 Å². The number of carboxylic acid groups (broad SMARTS) is 1. The number of ether oxygens (including phenoxy) is 3. The van der Waals surface area contributed by atoms with Crippen molar-refractivity contribution in [3.63, 3.8) is 0 Å². The summed E-state index contributed by atoms with van der Waals surface area (Å²) in [5, 5.41) is 59.4. The van der Waals surface area contributed by atoms with Crippen molar-refractivity contribution in [2.24, 2.45) is 0 Å². The molecule has 3 aromatic rings. The van der Waals surface area contributed by atoms with Gasteiger partial charge in [-0.15, -0.1) is 0 Å². The number of carboxylic acids is 1. The van der Waals surface area contributed by atoms with Crippen LogP contribution in [0.2, 0.25) is 0 Å². The van der Waals surface area contributed by atoms with Crippen molar-refractivity contribution >= 4 is 16.9 Å². The molecule has 1 saturated heterocycles. The molecule has 0 radical (unpaired) electrons. The van der Waals surface area contributed by atoms with Crippen LogP contribution in [0.25, 0.3) is 22.3 Å². The fourth-order valence-electron chi connectivity index (χ4n) is 3.53. The standard InChI is InChI=1S/C22H20O12/c1-31-9-4-2-8(3-5-9)11-6-10(23)14-12(32-11)7-13(15(24)16(14)25)33-22-19(28)17(26)18(27)20(34-22)21(29)30/h2-7,17-20,22,24-28H,1H3,(H,29,30). The third kappa shape index (κ3) is 3.99. The molecule has 180 valence electrons. The minimum atomic E-state index is -1.95. The fourth-order valence-corrected chi connectivity index (χ4v) is 3.53. The highest BCUT2D eigenvalue weighted by Gasteiger charge is 2.48.